The number of carbonyl (C=O) groups is 1. The molecule has 0 saturated heterocycles. The smallest absolute Gasteiger partial charge is 0.225 e. The minimum Gasteiger partial charge on any atom is -0.353 e. The Hall–Kier alpha value is -0.870. The average Bonchev–Trinajstić information content (AvgIpc) is 2.94. The lowest BCUT2D eigenvalue weighted by atomic mass is 10.0. The van der Waals surface area contributed by atoms with Crippen molar-refractivity contribution in [2.24, 2.45) is 17.6 Å². The maximum absolute atomic E-state index is 11.9. The maximum Gasteiger partial charge on any atom is 0.225 e. The van der Waals surface area contributed by atoms with Gasteiger partial charge in [-0.1, -0.05) is 6.07 Å². The van der Waals surface area contributed by atoms with E-state index in [1.54, 1.807) is 11.3 Å². The molecule has 1 aromatic heterocycles. The molecule has 3 nitrogen and oxygen atoms in total. The van der Waals surface area contributed by atoms with Crippen LogP contribution in [0.5, 0.6) is 0 Å². The van der Waals surface area contributed by atoms with Crippen LogP contribution in [-0.4, -0.2) is 18.0 Å². The highest BCUT2D eigenvalue weighted by atomic mass is 32.1. The van der Waals surface area contributed by atoms with E-state index < -0.39 is 0 Å². The van der Waals surface area contributed by atoms with Gasteiger partial charge in [-0.25, -0.2) is 0 Å². The van der Waals surface area contributed by atoms with Crippen molar-refractivity contribution in [2.75, 3.05) is 0 Å². The largest absolute Gasteiger partial charge is 0.353 e. The lowest BCUT2D eigenvalue weighted by Gasteiger charge is -2.14. The monoisotopic (exact) mass is 264 g/mol. The normalized spacial score (nSPS) is 34.5. The Bertz CT molecular complexity index is 403. The first-order valence-corrected chi connectivity index (χ1v) is 7.66. The predicted molar refractivity (Wildman–Crippen MR) is 73.4 cm³/mol. The molecule has 3 N–H and O–H groups in total. The number of thiophene rings is 1. The van der Waals surface area contributed by atoms with Gasteiger partial charge in [-0.3, -0.25) is 4.79 Å². The molecule has 2 fully saturated rings. The average molecular weight is 264 g/mol. The van der Waals surface area contributed by atoms with Crippen molar-refractivity contribution < 1.29 is 4.79 Å². The Balaban J connectivity index is 1.48. The first-order valence-electron chi connectivity index (χ1n) is 6.78. The topological polar surface area (TPSA) is 55.1 Å². The van der Waals surface area contributed by atoms with Gasteiger partial charge >= 0.3 is 0 Å². The molecule has 2 saturated carbocycles. The summed E-state index contributed by atoms with van der Waals surface area (Å²) in [6, 6.07) is 4.81. The standard InChI is InChI=1S/C14H20N2OS/c15-11-4-9-6-12(7-10(9)5-11)16-14(17)8-13-2-1-3-18-13/h1-3,9-12H,4-8,15H2,(H,16,17). The third-order valence-electron chi connectivity index (χ3n) is 4.33. The van der Waals surface area contributed by atoms with Crippen LogP contribution < -0.4 is 11.1 Å². The highest BCUT2D eigenvalue weighted by molar-refractivity contribution is 7.10. The van der Waals surface area contributed by atoms with Crippen molar-refractivity contribution in [1.29, 1.82) is 0 Å². The molecule has 2 atom stereocenters. The molecule has 4 heteroatoms. The van der Waals surface area contributed by atoms with E-state index in [-0.39, 0.29) is 5.91 Å². The molecule has 3 rings (SSSR count). The van der Waals surface area contributed by atoms with E-state index in [9.17, 15) is 4.79 Å². The van der Waals surface area contributed by atoms with Crippen molar-refractivity contribution in [3.8, 4) is 0 Å². The fourth-order valence-electron chi connectivity index (χ4n) is 3.63. The summed E-state index contributed by atoms with van der Waals surface area (Å²) in [5.74, 6) is 1.69. The van der Waals surface area contributed by atoms with E-state index in [0.717, 1.165) is 42.4 Å². The molecule has 0 radical (unpaired) electrons. The number of carbonyl (C=O) groups excluding carboxylic acids is 1. The molecule has 0 spiro atoms. The van der Waals surface area contributed by atoms with Crippen LogP contribution >= 0.6 is 11.3 Å². The number of fused-ring (bicyclic) bond motifs is 1. The van der Waals surface area contributed by atoms with Crippen LogP contribution in [0.25, 0.3) is 0 Å². The van der Waals surface area contributed by atoms with Gasteiger partial charge in [0.15, 0.2) is 0 Å². The maximum atomic E-state index is 11.9. The molecule has 1 aromatic rings. The fourth-order valence-corrected chi connectivity index (χ4v) is 4.33. The third-order valence-corrected chi connectivity index (χ3v) is 5.21. The SMILES string of the molecule is NC1CC2CC(NC(=O)Cc3cccs3)CC2C1. The Morgan fingerprint density at radius 3 is 2.67 bits per heavy atom. The zero-order valence-corrected chi connectivity index (χ0v) is 11.3. The van der Waals surface area contributed by atoms with Gasteiger partial charge in [-0.2, -0.15) is 0 Å². The molecule has 2 aliphatic rings. The van der Waals surface area contributed by atoms with Gasteiger partial charge in [0.1, 0.15) is 0 Å². The van der Waals surface area contributed by atoms with Crippen LogP contribution in [0.1, 0.15) is 30.6 Å². The molecule has 2 aliphatic carbocycles. The van der Waals surface area contributed by atoms with Crippen LogP contribution in [0.4, 0.5) is 0 Å². The van der Waals surface area contributed by atoms with E-state index in [1.165, 1.54) is 0 Å². The molecular weight excluding hydrogens is 244 g/mol. The zero-order valence-electron chi connectivity index (χ0n) is 10.5. The first kappa shape index (κ1) is 12.2. The number of amides is 1. The minimum atomic E-state index is 0.173. The molecule has 98 valence electrons. The fraction of sp³-hybridized carbons (Fsp3) is 0.643. The molecule has 0 aliphatic heterocycles. The van der Waals surface area contributed by atoms with Gasteiger partial charge in [0.25, 0.3) is 0 Å². The van der Waals surface area contributed by atoms with Crippen LogP contribution in [0.3, 0.4) is 0 Å². The molecule has 1 amide bonds. The molecule has 0 aromatic carbocycles. The van der Waals surface area contributed by atoms with Crippen LogP contribution in [0, 0.1) is 11.8 Å². The van der Waals surface area contributed by atoms with Crippen LogP contribution in [0.2, 0.25) is 0 Å². The predicted octanol–water partition coefficient (Wildman–Crippen LogP) is 1.92. The lowest BCUT2D eigenvalue weighted by Crippen LogP contribution is -2.34. The van der Waals surface area contributed by atoms with Crippen molar-refractivity contribution in [3.05, 3.63) is 22.4 Å². The summed E-state index contributed by atoms with van der Waals surface area (Å²) in [4.78, 5) is 13.1. The van der Waals surface area contributed by atoms with E-state index in [4.69, 9.17) is 5.73 Å². The second-order valence-corrected chi connectivity index (χ2v) is 6.78. The lowest BCUT2D eigenvalue weighted by molar-refractivity contribution is -0.121. The Kier molecular flexibility index (Phi) is 3.39. The van der Waals surface area contributed by atoms with Gasteiger partial charge in [0, 0.05) is 17.0 Å². The molecule has 2 unspecified atom stereocenters. The summed E-state index contributed by atoms with van der Waals surface area (Å²) in [5.41, 5.74) is 5.98. The summed E-state index contributed by atoms with van der Waals surface area (Å²) in [6.45, 7) is 0. The van der Waals surface area contributed by atoms with E-state index in [1.807, 2.05) is 17.5 Å². The Morgan fingerprint density at radius 2 is 2.06 bits per heavy atom. The number of rotatable bonds is 3. The van der Waals surface area contributed by atoms with Gasteiger partial charge < -0.3 is 11.1 Å². The number of nitrogens with two attached hydrogens (primary N) is 1. The Labute approximate surface area is 112 Å². The molecule has 18 heavy (non-hydrogen) atoms. The minimum absolute atomic E-state index is 0.173. The van der Waals surface area contributed by atoms with E-state index >= 15 is 0 Å². The first-order chi connectivity index (χ1) is 8.70. The van der Waals surface area contributed by atoms with E-state index in [0.29, 0.717) is 18.5 Å². The number of hydrogen-bond donors (Lipinski definition) is 2. The van der Waals surface area contributed by atoms with E-state index in [2.05, 4.69) is 5.32 Å². The van der Waals surface area contributed by atoms with Crippen LogP contribution in [-0.2, 0) is 11.2 Å². The number of nitrogens with one attached hydrogen (secondary N) is 1. The summed E-state index contributed by atoms with van der Waals surface area (Å²) in [6.07, 6.45) is 5.11. The zero-order chi connectivity index (χ0) is 12.5. The third kappa shape index (κ3) is 2.59. The summed E-state index contributed by atoms with van der Waals surface area (Å²) in [5, 5.41) is 5.21. The number of hydrogen-bond acceptors (Lipinski definition) is 3. The van der Waals surface area contributed by atoms with Crippen molar-refractivity contribution in [2.45, 2.75) is 44.2 Å². The molecule has 1 heterocycles. The van der Waals surface area contributed by atoms with Crippen molar-refractivity contribution >= 4 is 17.2 Å². The quantitative estimate of drug-likeness (QED) is 0.876. The van der Waals surface area contributed by atoms with Crippen LogP contribution in [0.15, 0.2) is 17.5 Å². The summed E-state index contributed by atoms with van der Waals surface area (Å²) in [7, 11) is 0. The van der Waals surface area contributed by atoms with Gasteiger partial charge in [-0.05, 0) is 49.0 Å². The summed E-state index contributed by atoms with van der Waals surface area (Å²) < 4.78 is 0. The van der Waals surface area contributed by atoms with Gasteiger partial charge in [0.05, 0.1) is 6.42 Å². The molecule has 0 bridgehead atoms. The Morgan fingerprint density at radius 1 is 1.33 bits per heavy atom. The highest BCUT2D eigenvalue weighted by Gasteiger charge is 2.40. The second-order valence-electron chi connectivity index (χ2n) is 5.74. The van der Waals surface area contributed by atoms with Gasteiger partial charge in [0.2, 0.25) is 5.91 Å². The molecular formula is C14H20N2OS. The second kappa shape index (κ2) is 5.02. The van der Waals surface area contributed by atoms with Crippen molar-refractivity contribution in [1.82, 2.24) is 5.32 Å². The summed E-state index contributed by atoms with van der Waals surface area (Å²) >= 11 is 1.65. The van der Waals surface area contributed by atoms with Crippen molar-refractivity contribution in [3.63, 3.8) is 0 Å². The van der Waals surface area contributed by atoms with Gasteiger partial charge in [-0.15, -0.1) is 11.3 Å². The highest BCUT2D eigenvalue weighted by Crippen LogP contribution is 2.43.